The summed E-state index contributed by atoms with van der Waals surface area (Å²) in [6.07, 6.45) is 0. The minimum atomic E-state index is -0.382. The fourth-order valence-corrected chi connectivity index (χ4v) is 3.26. The van der Waals surface area contributed by atoms with Gasteiger partial charge in [0, 0.05) is 12.1 Å². The molecule has 0 aliphatic rings. The maximum atomic E-state index is 12.0. The minimum absolute atomic E-state index is 0.0769. The summed E-state index contributed by atoms with van der Waals surface area (Å²) in [7, 11) is 0. The molecule has 0 fully saturated rings. The number of nitro benzene ring substituents is 1. The van der Waals surface area contributed by atoms with Crippen molar-refractivity contribution in [3.63, 3.8) is 0 Å². The number of carbonyl (C=O) groups excluding carboxylic acids is 1. The van der Waals surface area contributed by atoms with Gasteiger partial charge in [-0.05, 0) is 51.4 Å². The first-order valence-corrected chi connectivity index (χ1v) is 7.62. The third-order valence-electron chi connectivity index (χ3n) is 4.24. The zero-order valence-electron chi connectivity index (χ0n) is 12.9. The van der Waals surface area contributed by atoms with Crippen LogP contribution in [0.15, 0.2) is 48.5 Å². The van der Waals surface area contributed by atoms with Gasteiger partial charge in [-0.1, -0.05) is 24.3 Å². The molecule has 24 heavy (non-hydrogen) atoms. The van der Waals surface area contributed by atoms with E-state index in [2.05, 4.69) is 0 Å². The molecule has 0 aliphatic heterocycles. The largest absolute Gasteiger partial charge is 0.462 e. The molecule has 0 unspecified atom stereocenters. The summed E-state index contributed by atoms with van der Waals surface area (Å²) in [5.41, 5.74) is 0.585. The predicted octanol–water partition coefficient (Wildman–Crippen LogP) is 4.67. The number of non-ortho nitro benzene ring substituents is 1. The van der Waals surface area contributed by atoms with Crippen LogP contribution < -0.4 is 0 Å². The van der Waals surface area contributed by atoms with Gasteiger partial charge >= 0.3 is 5.97 Å². The molecule has 0 aliphatic carbocycles. The number of carbonyl (C=O) groups is 1. The summed E-state index contributed by atoms with van der Waals surface area (Å²) < 4.78 is 5.08. The van der Waals surface area contributed by atoms with Gasteiger partial charge in [0.1, 0.15) is 0 Å². The van der Waals surface area contributed by atoms with E-state index in [9.17, 15) is 14.9 Å². The van der Waals surface area contributed by atoms with E-state index in [-0.39, 0.29) is 16.6 Å². The lowest BCUT2D eigenvalue weighted by atomic mass is 9.92. The van der Waals surface area contributed by atoms with E-state index in [1.807, 2.05) is 24.3 Å². The van der Waals surface area contributed by atoms with Crippen LogP contribution in [0.1, 0.15) is 17.3 Å². The molecule has 0 heterocycles. The normalized spacial score (nSPS) is 11.4. The number of nitro groups is 1. The predicted molar refractivity (Wildman–Crippen MR) is 92.8 cm³/mol. The number of nitrogens with zero attached hydrogens (tertiary/aromatic N) is 1. The van der Waals surface area contributed by atoms with Crippen LogP contribution in [0.25, 0.3) is 32.3 Å². The highest BCUT2D eigenvalue weighted by Crippen LogP contribution is 2.37. The zero-order chi connectivity index (χ0) is 16.8. The van der Waals surface area contributed by atoms with Crippen molar-refractivity contribution in [2.45, 2.75) is 6.92 Å². The van der Waals surface area contributed by atoms with Crippen LogP contribution in [-0.4, -0.2) is 17.5 Å². The van der Waals surface area contributed by atoms with Crippen LogP contribution in [0.2, 0.25) is 0 Å². The van der Waals surface area contributed by atoms with E-state index >= 15 is 0 Å². The first-order chi connectivity index (χ1) is 11.6. The van der Waals surface area contributed by atoms with Crippen LogP contribution in [0.3, 0.4) is 0 Å². The van der Waals surface area contributed by atoms with Gasteiger partial charge in [-0.3, -0.25) is 10.1 Å². The molecule has 0 atom stereocenters. The van der Waals surface area contributed by atoms with Crippen LogP contribution in [0.5, 0.6) is 0 Å². The third-order valence-corrected chi connectivity index (χ3v) is 4.24. The summed E-state index contributed by atoms with van der Waals surface area (Å²) in [6, 6.07) is 14.3. The van der Waals surface area contributed by atoms with Crippen molar-refractivity contribution in [2.24, 2.45) is 0 Å². The molecule has 0 aromatic heterocycles. The van der Waals surface area contributed by atoms with Crippen molar-refractivity contribution < 1.29 is 14.5 Å². The molecule has 4 rings (SSSR count). The van der Waals surface area contributed by atoms with Crippen LogP contribution in [-0.2, 0) is 4.74 Å². The Balaban J connectivity index is 2.07. The highest BCUT2D eigenvalue weighted by atomic mass is 16.6. The lowest BCUT2D eigenvalue weighted by Gasteiger charge is -2.12. The highest BCUT2D eigenvalue weighted by molar-refractivity contribution is 6.24. The average molecular weight is 319 g/mol. The summed E-state index contributed by atoms with van der Waals surface area (Å²) in [5, 5.41) is 16.6. The Morgan fingerprint density at radius 3 is 1.83 bits per heavy atom. The van der Waals surface area contributed by atoms with E-state index in [0.29, 0.717) is 12.2 Å². The van der Waals surface area contributed by atoms with Gasteiger partial charge in [0.15, 0.2) is 0 Å². The number of ether oxygens (including phenoxy) is 1. The summed E-state index contributed by atoms with van der Waals surface area (Å²) in [4.78, 5) is 22.8. The summed E-state index contributed by atoms with van der Waals surface area (Å²) >= 11 is 0. The van der Waals surface area contributed by atoms with Gasteiger partial charge in [-0.15, -0.1) is 0 Å². The first kappa shape index (κ1) is 14.4. The molecule has 0 amide bonds. The van der Waals surface area contributed by atoms with E-state index in [1.165, 1.54) is 0 Å². The second kappa shape index (κ2) is 5.16. The molecule has 5 heteroatoms. The van der Waals surface area contributed by atoms with Gasteiger partial charge in [0.05, 0.1) is 17.1 Å². The highest BCUT2D eigenvalue weighted by Gasteiger charge is 2.16. The van der Waals surface area contributed by atoms with Crippen molar-refractivity contribution in [3.05, 3.63) is 64.2 Å². The summed E-state index contributed by atoms with van der Waals surface area (Å²) in [6.45, 7) is 2.10. The molecule has 118 valence electrons. The topological polar surface area (TPSA) is 69.4 Å². The molecule has 4 aromatic carbocycles. The van der Waals surface area contributed by atoms with E-state index in [4.69, 9.17) is 4.74 Å². The Bertz CT molecular complexity index is 1050. The smallest absolute Gasteiger partial charge is 0.338 e. The van der Waals surface area contributed by atoms with Gasteiger partial charge in [0.2, 0.25) is 0 Å². The van der Waals surface area contributed by atoms with Crippen molar-refractivity contribution in [1.29, 1.82) is 0 Å². The van der Waals surface area contributed by atoms with Gasteiger partial charge in [0.25, 0.3) is 5.69 Å². The number of rotatable bonds is 3. The van der Waals surface area contributed by atoms with E-state index < -0.39 is 0 Å². The lowest BCUT2D eigenvalue weighted by Crippen LogP contribution is -2.04. The lowest BCUT2D eigenvalue weighted by molar-refractivity contribution is -0.384. The van der Waals surface area contributed by atoms with Crippen LogP contribution in [0, 0.1) is 10.1 Å². The quantitative estimate of drug-likeness (QED) is 0.238. The molecule has 0 spiro atoms. The fraction of sp³-hybridized carbons (Fsp3) is 0.105. The Morgan fingerprint density at radius 2 is 1.42 bits per heavy atom. The van der Waals surface area contributed by atoms with Crippen molar-refractivity contribution in [1.82, 2.24) is 0 Å². The molecule has 0 bridgehead atoms. The molecule has 0 saturated carbocycles. The molecule has 0 N–H and O–H groups in total. The van der Waals surface area contributed by atoms with E-state index in [1.54, 1.807) is 31.2 Å². The summed E-state index contributed by atoms with van der Waals surface area (Å²) in [5.74, 6) is -0.348. The zero-order valence-corrected chi connectivity index (χ0v) is 12.9. The molecular formula is C19H13NO4. The third kappa shape index (κ3) is 2.06. The molecule has 0 radical (unpaired) electrons. The molecule has 0 saturated heterocycles. The number of hydrogen-bond donors (Lipinski definition) is 0. The maximum absolute atomic E-state index is 12.0. The minimum Gasteiger partial charge on any atom is -0.462 e. The molecular weight excluding hydrogens is 306 g/mol. The Morgan fingerprint density at radius 1 is 0.958 bits per heavy atom. The standard InChI is InChI=1S/C19H13NO4/c1-2-24-19(21)15-7-11-3-5-13-9-16(20(22)23)10-14-6-4-12(8-15)17(11)18(13)14/h3-10H,2H2,1H3. The van der Waals surface area contributed by atoms with Crippen molar-refractivity contribution in [2.75, 3.05) is 6.61 Å². The maximum Gasteiger partial charge on any atom is 0.338 e. The second-order valence-electron chi connectivity index (χ2n) is 5.67. The SMILES string of the molecule is CCOC(=O)c1cc2ccc3cc([N+](=O)[O-])cc4ccc(c1)c2c34. The van der Waals surface area contributed by atoms with Gasteiger partial charge < -0.3 is 4.74 Å². The Hall–Kier alpha value is -3.21. The number of esters is 1. The van der Waals surface area contributed by atoms with Gasteiger partial charge in [-0.25, -0.2) is 4.79 Å². The van der Waals surface area contributed by atoms with E-state index in [0.717, 1.165) is 32.3 Å². The van der Waals surface area contributed by atoms with Crippen LogP contribution in [0.4, 0.5) is 5.69 Å². The van der Waals surface area contributed by atoms with Crippen LogP contribution >= 0.6 is 0 Å². The molecule has 4 aromatic rings. The average Bonchev–Trinajstić information content (AvgIpc) is 2.59. The first-order valence-electron chi connectivity index (χ1n) is 7.62. The number of hydrogen-bond acceptors (Lipinski definition) is 4. The van der Waals surface area contributed by atoms with Crippen molar-refractivity contribution >= 4 is 44.0 Å². The second-order valence-corrected chi connectivity index (χ2v) is 5.67. The van der Waals surface area contributed by atoms with Gasteiger partial charge in [-0.2, -0.15) is 0 Å². The fourth-order valence-electron chi connectivity index (χ4n) is 3.26. The van der Waals surface area contributed by atoms with Crippen molar-refractivity contribution in [3.8, 4) is 0 Å². The Labute approximate surface area is 136 Å². The molecule has 5 nitrogen and oxygen atoms in total. The Kier molecular flexibility index (Phi) is 3.09. The monoisotopic (exact) mass is 319 g/mol. The number of benzene rings is 4.